The first-order valence-corrected chi connectivity index (χ1v) is 5.46. The van der Waals surface area contributed by atoms with Crippen molar-refractivity contribution in [1.82, 2.24) is 9.97 Å². The maximum Gasteiger partial charge on any atom is 0.356 e. The van der Waals surface area contributed by atoms with Crippen LogP contribution < -0.4 is 5.32 Å². The molecule has 0 spiro atoms. The Labute approximate surface area is 108 Å². The molecular formula is C11H10ClN3O3. The Hall–Kier alpha value is -2.08. The van der Waals surface area contributed by atoms with Gasteiger partial charge in [0.1, 0.15) is 11.6 Å². The van der Waals surface area contributed by atoms with E-state index in [0.29, 0.717) is 12.4 Å². The number of hydrogen-bond acceptors (Lipinski definition) is 6. The predicted octanol–water partition coefficient (Wildman–Crippen LogP) is 2.12. The third-order valence-corrected chi connectivity index (χ3v) is 2.29. The summed E-state index contributed by atoms with van der Waals surface area (Å²) >= 11 is 5.72. The van der Waals surface area contributed by atoms with Gasteiger partial charge in [-0.1, -0.05) is 0 Å². The summed E-state index contributed by atoms with van der Waals surface area (Å²) in [6.07, 6.45) is 1.57. The summed E-state index contributed by atoms with van der Waals surface area (Å²) in [5.74, 6) is 0.594. The highest BCUT2D eigenvalue weighted by atomic mass is 35.5. The van der Waals surface area contributed by atoms with Crippen LogP contribution in [0.2, 0.25) is 5.28 Å². The number of aromatic nitrogens is 2. The molecule has 0 atom stereocenters. The standard InChI is InChI=1S/C11H10ClN3O3/c1-17-10(16)8-5-9(15-11(12)14-8)13-6-7-3-2-4-18-7/h2-5H,6H2,1H3,(H,13,14,15). The molecule has 0 aliphatic heterocycles. The molecule has 2 aromatic rings. The maximum absolute atomic E-state index is 11.3. The minimum absolute atomic E-state index is 0.0279. The van der Waals surface area contributed by atoms with Crippen molar-refractivity contribution in [2.45, 2.75) is 6.54 Å². The Bertz CT molecular complexity index is 542. The van der Waals surface area contributed by atoms with Gasteiger partial charge in [-0.3, -0.25) is 0 Å². The molecule has 0 bridgehead atoms. The molecular weight excluding hydrogens is 258 g/mol. The van der Waals surface area contributed by atoms with Gasteiger partial charge in [0.05, 0.1) is 19.9 Å². The highest BCUT2D eigenvalue weighted by molar-refractivity contribution is 6.28. The minimum Gasteiger partial charge on any atom is -0.467 e. The van der Waals surface area contributed by atoms with Crippen LogP contribution in [-0.2, 0) is 11.3 Å². The van der Waals surface area contributed by atoms with Gasteiger partial charge in [0.15, 0.2) is 5.69 Å². The molecule has 7 heteroatoms. The fourth-order valence-corrected chi connectivity index (χ4v) is 1.49. The largest absolute Gasteiger partial charge is 0.467 e. The van der Waals surface area contributed by atoms with E-state index in [1.54, 1.807) is 12.3 Å². The van der Waals surface area contributed by atoms with Gasteiger partial charge >= 0.3 is 5.97 Å². The lowest BCUT2D eigenvalue weighted by molar-refractivity contribution is 0.0594. The molecule has 0 aromatic carbocycles. The van der Waals surface area contributed by atoms with Crippen LogP contribution in [0.1, 0.15) is 16.2 Å². The van der Waals surface area contributed by atoms with Gasteiger partial charge in [-0.05, 0) is 23.7 Å². The molecule has 0 amide bonds. The van der Waals surface area contributed by atoms with Crippen molar-refractivity contribution < 1.29 is 13.9 Å². The Morgan fingerprint density at radius 3 is 3.06 bits per heavy atom. The summed E-state index contributed by atoms with van der Waals surface area (Å²) in [4.78, 5) is 19.0. The van der Waals surface area contributed by atoms with Crippen LogP contribution in [-0.4, -0.2) is 23.0 Å². The minimum atomic E-state index is -0.569. The monoisotopic (exact) mass is 267 g/mol. The smallest absolute Gasteiger partial charge is 0.356 e. The van der Waals surface area contributed by atoms with Crippen molar-refractivity contribution in [2.24, 2.45) is 0 Å². The molecule has 2 heterocycles. The SMILES string of the molecule is COC(=O)c1cc(NCc2ccco2)nc(Cl)n1. The Kier molecular flexibility index (Phi) is 3.78. The molecule has 94 valence electrons. The number of methoxy groups -OCH3 is 1. The molecule has 0 aliphatic carbocycles. The van der Waals surface area contributed by atoms with Gasteiger partial charge in [0.25, 0.3) is 0 Å². The van der Waals surface area contributed by atoms with Crippen LogP contribution in [0.4, 0.5) is 5.82 Å². The molecule has 0 fully saturated rings. The third kappa shape index (κ3) is 2.98. The number of ether oxygens (including phenoxy) is 1. The first kappa shape index (κ1) is 12.4. The quantitative estimate of drug-likeness (QED) is 0.675. The summed E-state index contributed by atoms with van der Waals surface area (Å²) in [5.41, 5.74) is 0.0967. The van der Waals surface area contributed by atoms with Gasteiger partial charge in [0, 0.05) is 6.07 Å². The van der Waals surface area contributed by atoms with Crippen LogP contribution in [0.25, 0.3) is 0 Å². The first-order valence-electron chi connectivity index (χ1n) is 5.08. The van der Waals surface area contributed by atoms with Crippen LogP contribution in [0.3, 0.4) is 0 Å². The van der Waals surface area contributed by atoms with E-state index in [9.17, 15) is 4.79 Å². The van der Waals surface area contributed by atoms with Gasteiger partial charge in [-0.15, -0.1) is 0 Å². The summed E-state index contributed by atoms with van der Waals surface area (Å²) in [5, 5.41) is 2.94. The van der Waals surface area contributed by atoms with Crippen molar-refractivity contribution in [3.05, 3.63) is 41.2 Å². The zero-order chi connectivity index (χ0) is 13.0. The summed E-state index contributed by atoms with van der Waals surface area (Å²) in [6, 6.07) is 5.06. The van der Waals surface area contributed by atoms with Gasteiger partial charge in [0.2, 0.25) is 5.28 Å². The average molecular weight is 268 g/mol. The van der Waals surface area contributed by atoms with E-state index in [0.717, 1.165) is 5.76 Å². The van der Waals surface area contributed by atoms with E-state index in [1.807, 2.05) is 6.07 Å². The number of hydrogen-bond donors (Lipinski definition) is 1. The molecule has 0 radical (unpaired) electrons. The highest BCUT2D eigenvalue weighted by Gasteiger charge is 2.11. The molecule has 2 rings (SSSR count). The summed E-state index contributed by atoms with van der Waals surface area (Å²) in [6.45, 7) is 0.432. The molecule has 0 saturated carbocycles. The van der Waals surface area contributed by atoms with Crippen molar-refractivity contribution in [3.8, 4) is 0 Å². The molecule has 2 aromatic heterocycles. The number of furan rings is 1. The van der Waals surface area contributed by atoms with E-state index in [4.69, 9.17) is 16.0 Å². The first-order chi connectivity index (χ1) is 8.69. The second kappa shape index (κ2) is 5.50. The van der Waals surface area contributed by atoms with Crippen molar-refractivity contribution in [1.29, 1.82) is 0 Å². The molecule has 0 unspecified atom stereocenters. The van der Waals surface area contributed by atoms with Crippen LogP contribution >= 0.6 is 11.6 Å². The number of carbonyl (C=O) groups excluding carboxylic acids is 1. The van der Waals surface area contributed by atoms with E-state index in [-0.39, 0.29) is 11.0 Å². The molecule has 18 heavy (non-hydrogen) atoms. The number of nitrogens with zero attached hydrogens (tertiary/aromatic N) is 2. The fraction of sp³-hybridized carbons (Fsp3) is 0.182. The lowest BCUT2D eigenvalue weighted by Crippen LogP contribution is -2.08. The maximum atomic E-state index is 11.3. The second-order valence-corrected chi connectivity index (χ2v) is 3.67. The highest BCUT2D eigenvalue weighted by Crippen LogP contribution is 2.12. The summed E-state index contributed by atoms with van der Waals surface area (Å²) in [7, 11) is 1.27. The number of esters is 1. The van der Waals surface area contributed by atoms with E-state index in [2.05, 4.69) is 20.0 Å². The van der Waals surface area contributed by atoms with Crippen molar-refractivity contribution in [3.63, 3.8) is 0 Å². The Morgan fingerprint density at radius 1 is 1.56 bits per heavy atom. The van der Waals surface area contributed by atoms with Crippen molar-refractivity contribution >= 4 is 23.4 Å². The average Bonchev–Trinajstić information content (AvgIpc) is 2.88. The molecule has 1 N–H and O–H groups in total. The Morgan fingerprint density at radius 2 is 2.39 bits per heavy atom. The zero-order valence-electron chi connectivity index (χ0n) is 9.51. The normalized spacial score (nSPS) is 10.1. The van der Waals surface area contributed by atoms with E-state index < -0.39 is 5.97 Å². The van der Waals surface area contributed by atoms with E-state index in [1.165, 1.54) is 13.2 Å². The third-order valence-electron chi connectivity index (χ3n) is 2.12. The second-order valence-electron chi connectivity index (χ2n) is 3.33. The number of halogens is 1. The lowest BCUT2D eigenvalue weighted by Gasteiger charge is -2.05. The van der Waals surface area contributed by atoms with Gasteiger partial charge < -0.3 is 14.5 Å². The molecule has 0 aliphatic rings. The lowest BCUT2D eigenvalue weighted by atomic mass is 10.4. The Balaban J connectivity index is 2.12. The molecule has 0 saturated heterocycles. The van der Waals surface area contributed by atoms with Crippen LogP contribution in [0.15, 0.2) is 28.9 Å². The van der Waals surface area contributed by atoms with E-state index >= 15 is 0 Å². The fourth-order valence-electron chi connectivity index (χ4n) is 1.31. The topological polar surface area (TPSA) is 77.2 Å². The number of anilines is 1. The van der Waals surface area contributed by atoms with Gasteiger partial charge in [-0.2, -0.15) is 0 Å². The number of rotatable bonds is 4. The van der Waals surface area contributed by atoms with Crippen LogP contribution in [0, 0.1) is 0 Å². The molecule has 6 nitrogen and oxygen atoms in total. The summed E-state index contributed by atoms with van der Waals surface area (Å²) < 4.78 is 9.72. The number of carbonyl (C=O) groups is 1. The van der Waals surface area contributed by atoms with Gasteiger partial charge in [-0.25, -0.2) is 14.8 Å². The van der Waals surface area contributed by atoms with Crippen LogP contribution in [0.5, 0.6) is 0 Å². The zero-order valence-corrected chi connectivity index (χ0v) is 10.3. The predicted molar refractivity (Wildman–Crippen MR) is 64.4 cm³/mol. The van der Waals surface area contributed by atoms with Crippen molar-refractivity contribution in [2.75, 3.05) is 12.4 Å². The number of nitrogens with one attached hydrogen (secondary N) is 1.